The number of hydrogen-bond acceptors (Lipinski definition) is 3. The van der Waals surface area contributed by atoms with E-state index in [2.05, 4.69) is 21.2 Å². The van der Waals surface area contributed by atoms with Gasteiger partial charge in [0.05, 0.1) is 10.2 Å². The standard InChI is InChI=1S/C11H15BrN2OS.ClH/c12-10-4-3-8(16-10)5-11(15)14-6-9(13)7-1-2-7;/h3-4,7,9H,1-2,5-6,13H2,(H,14,15);1H. The summed E-state index contributed by atoms with van der Waals surface area (Å²) in [7, 11) is 0. The van der Waals surface area contributed by atoms with Crippen molar-refractivity contribution in [1.82, 2.24) is 5.32 Å². The highest BCUT2D eigenvalue weighted by Gasteiger charge is 2.28. The molecule has 96 valence electrons. The van der Waals surface area contributed by atoms with E-state index in [0.29, 0.717) is 18.9 Å². The molecule has 3 nitrogen and oxygen atoms in total. The van der Waals surface area contributed by atoms with Crippen LogP contribution >= 0.6 is 39.7 Å². The molecule has 1 unspecified atom stereocenters. The van der Waals surface area contributed by atoms with E-state index >= 15 is 0 Å². The highest BCUT2D eigenvalue weighted by Crippen LogP contribution is 2.31. The molecular weight excluding hydrogens is 324 g/mol. The molecule has 6 heteroatoms. The van der Waals surface area contributed by atoms with Crippen LogP contribution in [0.25, 0.3) is 0 Å². The van der Waals surface area contributed by atoms with E-state index in [4.69, 9.17) is 5.73 Å². The fourth-order valence-corrected chi connectivity index (χ4v) is 3.07. The Morgan fingerprint density at radius 1 is 1.59 bits per heavy atom. The van der Waals surface area contributed by atoms with E-state index in [1.807, 2.05) is 12.1 Å². The van der Waals surface area contributed by atoms with Crippen LogP contribution in [0.5, 0.6) is 0 Å². The lowest BCUT2D eigenvalue weighted by Crippen LogP contribution is -2.39. The number of halogens is 2. The largest absolute Gasteiger partial charge is 0.354 e. The second-order valence-electron chi connectivity index (χ2n) is 4.19. The summed E-state index contributed by atoms with van der Waals surface area (Å²) in [6.45, 7) is 0.607. The van der Waals surface area contributed by atoms with Crippen molar-refractivity contribution in [2.24, 2.45) is 11.7 Å². The summed E-state index contributed by atoms with van der Waals surface area (Å²) in [5, 5.41) is 2.89. The smallest absolute Gasteiger partial charge is 0.225 e. The average Bonchev–Trinajstić information content (AvgIpc) is 3.01. The van der Waals surface area contributed by atoms with Gasteiger partial charge in [0, 0.05) is 17.5 Å². The number of carbonyl (C=O) groups excluding carboxylic acids is 1. The molecule has 0 saturated heterocycles. The third-order valence-electron chi connectivity index (χ3n) is 2.73. The second-order valence-corrected chi connectivity index (χ2v) is 6.74. The maximum absolute atomic E-state index is 11.6. The van der Waals surface area contributed by atoms with Crippen molar-refractivity contribution in [1.29, 1.82) is 0 Å². The van der Waals surface area contributed by atoms with Crippen LogP contribution in [0.2, 0.25) is 0 Å². The average molecular weight is 340 g/mol. The molecule has 1 fully saturated rings. The van der Waals surface area contributed by atoms with Crippen molar-refractivity contribution in [3.63, 3.8) is 0 Å². The van der Waals surface area contributed by atoms with Gasteiger partial charge in [0.1, 0.15) is 0 Å². The number of hydrogen-bond donors (Lipinski definition) is 2. The van der Waals surface area contributed by atoms with Crippen molar-refractivity contribution < 1.29 is 4.79 Å². The van der Waals surface area contributed by atoms with Gasteiger partial charge in [-0.05, 0) is 46.8 Å². The van der Waals surface area contributed by atoms with Gasteiger partial charge in [-0.15, -0.1) is 23.7 Å². The molecule has 1 aromatic rings. The summed E-state index contributed by atoms with van der Waals surface area (Å²) in [5.41, 5.74) is 5.91. The molecule has 1 aromatic heterocycles. The SMILES string of the molecule is Cl.NC(CNC(=O)Cc1ccc(Br)s1)C1CC1. The number of rotatable bonds is 5. The molecule has 0 bridgehead atoms. The zero-order valence-electron chi connectivity index (χ0n) is 9.32. The van der Waals surface area contributed by atoms with E-state index in [1.165, 1.54) is 12.8 Å². The van der Waals surface area contributed by atoms with Crippen molar-refractivity contribution in [2.45, 2.75) is 25.3 Å². The van der Waals surface area contributed by atoms with Crippen LogP contribution in [0.3, 0.4) is 0 Å². The quantitative estimate of drug-likeness (QED) is 0.865. The maximum atomic E-state index is 11.6. The number of nitrogens with two attached hydrogens (primary N) is 1. The number of thiophene rings is 1. The molecule has 1 atom stereocenters. The summed E-state index contributed by atoms with van der Waals surface area (Å²) >= 11 is 4.97. The zero-order valence-corrected chi connectivity index (χ0v) is 12.5. The Bertz CT molecular complexity index is 381. The summed E-state index contributed by atoms with van der Waals surface area (Å²) < 4.78 is 1.06. The normalized spacial score (nSPS) is 16.1. The van der Waals surface area contributed by atoms with E-state index in [9.17, 15) is 4.79 Å². The van der Waals surface area contributed by atoms with Gasteiger partial charge in [0.2, 0.25) is 5.91 Å². The van der Waals surface area contributed by atoms with Crippen molar-refractivity contribution in [2.75, 3.05) is 6.54 Å². The predicted molar refractivity (Wildman–Crippen MR) is 76.7 cm³/mol. The van der Waals surface area contributed by atoms with Crippen molar-refractivity contribution >= 4 is 45.6 Å². The van der Waals surface area contributed by atoms with E-state index in [1.54, 1.807) is 11.3 Å². The monoisotopic (exact) mass is 338 g/mol. The van der Waals surface area contributed by atoms with E-state index in [-0.39, 0.29) is 24.4 Å². The Balaban J connectivity index is 0.00000144. The second kappa shape index (κ2) is 6.73. The molecule has 0 aliphatic heterocycles. The van der Waals surface area contributed by atoms with Gasteiger partial charge in [0.15, 0.2) is 0 Å². The van der Waals surface area contributed by atoms with Crippen LogP contribution in [0, 0.1) is 5.92 Å². The van der Waals surface area contributed by atoms with Gasteiger partial charge in [-0.25, -0.2) is 0 Å². The van der Waals surface area contributed by atoms with Crippen LogP contribution in [0.15, 0.2) is 15.9 Å². The number of nitrogens with one attached hydrogen (secondary N) is 1. The lowest BCUT2D eigenvalue weighted by molar-refractivity contribution is -0.120. The van der Waals surface area contributed by atoms with E-state index < -0.39 is 0 Å². The van der Waals surface area contributed by atoms with E-state index in [0.717, 1.165) is 8.66 Å². The molecule has 1 aliphatic rings. The molecule has 1 amide bonds. The Morgan fingerprint density at radius 2 is 2.29 bits per heavy atom. The lowest BCUT2D eigenvalue weighted by atomic mass is 10.2. The topological polar surface area (TPSA) is 55.1 Å². The molecule has 1 aliphatic carbocycles. The summed E-state index contributed by atoms with van der Waals surface area (Å²) in [6.07, 6.45) is 2.89. The minimum Gasteiger partial charge on any atom is -0.354 e. The molecule has 0 radical (unpaired) electrons. The first kappa shape index (κ1) is 15.0. The first-order valence-corrected chi connectivity index (χ1v) is 7.02. The molecule has 2 rings (SSSR count). The molecule has 0 aromatic carbocycles. The molecular formula is C11H16BrClN2OS. The third-order valence-corrected chi connectivity index (χ3v) is 4.35. The fraction of sp³-hybridized carbons (Fsp3) is 0.545. The van der Waals surface area contributed by atoms with Gasteiger partial charge in [-0.1, -0.05) is 0 Å². The van der Waals surface area contributed by atoms with Gasteiger partial charge in [-0.3, -0.25) is 4.79 Å². The molecule has 0 spiro atoms. The molecule has 17 heavy (non-hydrogen) atoms. The third kappa shape index (κ3) is 4.95. The minimum absolute atomic E-state index is 0. The van der Waals surface area contributed by atoms with Crippen LogP contribution in [0.1, 0.15) is 17.7 Å². The lowest BCUT2D eigenvalue weighted by Gasteiger charge is -2.10. The van der Waals surface area contributed by atoms with Crippen LogP contribution in [-0.4, -0.2) is 18.5 Å². The van der Waals surface area contributed by atoms with Gasteiger partial charge in [-0.2, -0.15) is 0 Å². The number of amides is 1. The van der Waals surface area contributed by atoms with Crippen LogP contribution in [-0.2, 0) is 11.2 Å². The summed E-state index contributed by atoms with van der Waals surface area (Å²) in [6, 6.07) is 4.07. The van der Waals surface area contributed by atoms with Gasteiger partial charge >= 0.3 is 0 Å². The first-order chi connectivity index (χ1) is 7.65. The Kier molecular flexibility index (Phi) is 5.92. The Labute approximate surface area is 120 Å². The number of carbonyl (C=O) groups is 1. The summed E-state index contributed by atoms with van der Waals surface area (Å²) in [4.78, 5) is 12.7. The Morgan fingerprint density at radius 3 is 2.82 bits per heavy atom. The van der Waals surface area contributed by atoms with Crippen LogP contribution < -0.4 is 11.1 Å². The highest BCUT2D eigenvalue weighted by atomic mass is 79.9. The van der Waals surface area contributed by atoms with Crippen molar-refractivity contribution in [3.05, 3.63) is 20.8 Å². The van der Waals surface area contributed by atoms with Gasteiger partial charge < -0.3 is 11.1 Å². The molecule has 3 N–H and O–H groups in total. The minimum atomic E-state index is 0. The highest BCUT2D eigenvalue weighted by molar-refractivity contribution is 9.11. The van der Waals surface area contributed by atoms with Crippen molar-refractivity contribution in [3.8, 4) is 0 Å². The predicted octanol–water partition coefficient (Wildman–Crippen LogP) is 2.33. The molecule has 1 heterocycles. The zero-order chi connectivity index (χ0) is 11.5. The fourth-order valence-electron chi connectivity index (χ4n) is 1.59. The Hall–Kier alpha value is -0.100. The molecule has 1 saturated carbocycles. The first-order valence-electron chi connectivity index (χ1n) is 5.41. The summed E-state index contributed by atoms with van der Waals surface area (Å²) in [5.74, 6) is 0.696. The van der Waals surface area contributed by atoms with Gasteiger partial charge in [0.25, 0.3) is 0 Å². The maximum Gasteiger partial charge on any atom is 0.225 e. The van der Waals surface area contributed by atoms with Crippen LogP contribution in [0.4, 0.5) is 0 Å².